The molecule has 1 aromatic heterocycles. The first-order valence-corrected chi connectivity index (χ1v) is 8.04. The van der Waals surface area contributed by atoms with Crippen LogP contribution in [0.5, 0.6) is 0 Å². The van der Waals surface area contributed by atoms with Gasteiger partial charge in [-0.1, -0.05) is 25.1 Å². The van der Waals surface area contributed by atoms with Crippen molar-refractivity contribution in [1.82, 2.24) is 9.71 Å². The van der Waals surface area contributed by atoms with Gasteiger partial charge in [0.05, 0.1) is 17.1 Å². The Morgan fingerprint density at radius 3 is 2.43 bits per heavy atom. The highest BCUT2D eigenvalue weighted by Gasteiger charge is 2.14. The molecule has 0 aliphatic carbocycles. The maximum atomic E-state index is 12.1. The Balaban J connectivity index is 2.10. The van der Waals surface area contributed by atoms with Crippen molar-refractivity contribution in [2.24, 2.45) is 0 Å². The average molecular weight is 304 g/mol. The Morgan fingerprint density at radius 1 is 1.14 bits per heavy atom. The zero-order valence-corrected chi connectivity index (χ0v) is 12.4. The highest BCUT2D eigenvalue weighted by molar-refractivity contribution is 7.89. The number of rotatable bonds is 6. The topological polar surface area (TPSA) is 76.1 Å². The molecule has 0 saturated carbocycles. The second kappa shape index (κ2) is 6.60. The van der Waals surface area contributed by atoms with E-state index < -0.39 is 10.0 Å². The maximum absolute atomic E-state index is 12.1. The second-order valence-corrected chi connectivity index (χ2v) is 6.21. The fraction of sp³-hybridized carbons (Fsp3) is 0.200. The lowest BCUT2D eigenvalue weighted by atomic mass is 10.1. The molecule has 2 aromatic rings. The van der Waals surface area contributed by atoms with Gasteiger partial charge in [-0.25, -0.2) is 13.1 Å². The summed E-state index contributed by atoms with van der Waals surface area (Å²) in [5.41, 5.74) is 1.15. The van der Waals surface area contributed by atoms with Crippen molar-refractivity contribution >= 4 is 15.8 Å². The van der Waals surface area contributed by atoms with Crippen LogP contribution in [0.25, 0.3) is 0 Å². The van der Waals surface area contributed by atoms with Gasteiger partial charge >= 0.3 is 0 Å². The molecule has 2 rings (SSSR count). The molecule has 1 N–H and O–H groups in total. The molecule has 0 amide bonds. The van der Waals surface area contributed by atoms with E-state index in [0.717, 1.165) is 0 Å². The van der Waals surface area contributed by atoms with Crippen molar-refractivity contribution in [2.45, 2.75) is 24.8 Å². The van der Waals surface area contributed by atoms with E-state index in [0.29, 0.717) is 17.7 Å². The summed E-state index contributed by atoms with van der Waals surface area (Å²) in [6.45, 7) is 1.89. The molecule has 0 atom stereocenters. The van der Waals surface area contributed by atoms with Crippen LogP contribution in [0, 0.1) is 0 Å². The molecule has 0 radical (unpaired) electrons. The third kappa shape index (κ3) is 3.96. The standard InChI is InChI=1S/C15H16N2O3S/c1-2-15(18)12-6-8-14(9-7-12)21(19,20)17-11-13-5-3-4-10-16-13/h3-10,17H,2,11H2,1H3. The average Bonchev–Trinajstić information content (AvgIpc) is 2.53. The number of pyridine rings is 1. The van der Waals surface area contributed by atoms with Crippen LogP contribution in [-0.2, 0) is 16.6 Å². The van der Waals surface area contributed by atoms with Crippen molar-refractivity contribution in [3.8, 4) is 0 Å². The van der Waals surface area contributed by atoms with E-state index in [1.165, 1.54) is 24.3 Å². The largest absolute Gasteiger partial charge is 0.294 e. The molecule has 0 spiro atoms. The van der Waals surface area contributed by atoms with Gasteiger partial charge in [0.1, 0.15) is 0 Å². The molecule has 0 unspecified atom stereocenters. The van der Waals surface area contributed by atoms with Crippen molar-refractivity contribution in [3.63, 3.8) is 0 Å². The number of ketones is 1. The lowest BCUT2D eigenvalue weighted by Crippen LogP contribution is -2.23. The third-order valence-electron chi connectivity index (χ3n) is 2.98. The number of hydrogen-bond acceptors (Lipinski definition) is 4. The number of hydrogen-bond donors (Lipinski definition) is 1. The number of Topliss-reactive ketones (excluding diaryl/α,β-unsaturated/α-hetero) is 1. The van der Waals surface area contributed by atoms with Gasteiger partial charge in [0.15, 0.2) is 5.78 Å². The van der Waals surface area contributed by atoms with Crippen LogP contribution >= 0.6 is 0 Å². The van der Waals surface area contributed by atoms with E-state index in [-0.39, 0.29) is 17.2 Å². The molecule has 6 heteroatoms. The van der Waals surface area contributed by atoms with Gasteiger partial charge < -0.3 is 0 Å². The molecule has 110 valence electrons. The van der Waals surface area contributed by atoms with Crippen molar-refractivity contribution in [3.05, 3.63) is 59.9 Å². The lowest BCUT2D eigenvalue weighted by Gasteiger charge is -2.07. The molecule has 0 fully saturated rings. The highest BCUT2D eigenvalue weighted by atomic mass is 32.2. The number of sulfonamides is 1. The first kappa shape index (κ1) is 15.3. The van der Waals surface area contributed by atoms with E-state index in [1.807, 2.05) is 0 Å². The smallest absolute Gasteiger partial charge is 0.240 e. The maximum Gasteiger partial charge on any atom is 0.240 e. The predicted octanol–water partition coefficient (Wildman–Crippen LogP) is 2.15. The van der Waals surface area contributed by atoms with Crippen LogP contribution in [-0.4, -0.2) is 19.2 Å². The van der Waals surface area contributed by atoms with Gasteiger partial charge in [0.25, 0.3) is 0 Å². The van der Waals surface area contributed by atoms with Crippen LogP contribution < -0.4 is 4.72 Å². The summed E-state index contributed by atoms with van der Waals surface area (Å²) in [5.74, 6) is -0.0135. The third-order valence-corrected chi connectivity index (χ3v) is 4.39. The van der Waals surface area contributed by atoms with E-state index in [4.69, 9.17) is 0 Å². The number of aromatic nitrogens is 1. The number of benzene rings is 1. The summed E-state index contributed by atoms with van der Waals surface area (Å²) in [7, 11) is -3.61. The summed E-state index contributed by atoms with van der Waals surface area (Å²) >= 11 is 0. The van der Waals surface area contributed by atoms with Gasteiger partial charge in [0, 0.05) is 18.2 Å². The van der Waals surface area contributed by atoms with Gasteiger partial charge in [-0.05, 0) is 24.3 Å². The van der Waals surface area contributed by atoms with Crippen LogP contribution in [0.3, 0.4) is 0 Å². The molecule has 1 aromatic carbocycles. The number of nitrogens with zero attached hydrogens (tertiary/aromatic N) is 1. The van der Waals surface area contributed by atoms with Gasteiger partial charge in [0.2, 0.25) is 10.0 Å². The molecule has 5 nitrogen and oxygen atoms in total. The Hall–Kier alpha value is -2.05. The van der Waals surface area contributed by atoms with Crippen molar-refractivity contribution in [1.29, 1.82) is 0 Å². The van der Waals surface area contributed by atoms with Crippen molar-refractivity contribution < 1.29 is 13.2 Å². The lowest BCUT2D eigenvalue weighted by molar-refractivity contribution is 0.0988. The van der Waals surface area contributed by atoms with Gasteiger partial charge in [-0.3, -0.25) is 9.78 Å². The fourth-order valence-electron chi connectivity index (χ4n) is 1.78. The summed E-state index contributed by atoms with van der Waals surface area (Å²) in [5, 5.41) is 0. The molecule has 0 aliphatic rings. The summed E-state index contributed by atoms with van der Waals surface area (Å²) in [4.78, 5) is 15.7. The summed E-state index contributed by atoms with van der Waals surface area (Å²) < 4.78 is 26.7. The molecular weight excluding hydrogens is 288 g/mol. The zero-order chi connectivity index (χ0) is 15.3. The fourth-order valence-corrected chi connectivity index (χ4v) is 2.78. The van der Waals surface area contributed by atoms with Crippen LogP contribution in [0.15, 0.2) is 53.6 Å². The van der Waals surface area contributed by atoms with Crippen molar-refractivity contribution in [2.75, 3.05) is 0 Å². The molecule has 0 bridgehead atoms. The minimum atomic E-state index is -3.61. The summed E-state index contributed by atoms with van der Waals surface area (Å²) in [6.07, 6.45) is 2.00. The van der Waals surface area contributed by atoms with Gasteiger partial charge in [-0.15, -0.1) is 0 Å². The molecular formula is C15H16N2O3S. The van der Waals surface area contributed by atoms with E-state index in [9.17, 15) is 13.2 Å². The minimum Gasteiger partial charge on any atom is -0.294 e. The van der Waals surface area contributed by atoms with Crippen LogP contribution in [0.1, 0.15) is 29.4 Å². The molecule has 21 heavy (non-hydrogen) atoms. The van der Waals surface area contributed by atoms with Crippen LogP contribution in [0.2, 0.25) is 0 Å². The first-order valence-electron chi connectivity index (χ1n) is 6.56. The number of carbonyl (C=O) groups excluding carboxylic acids is 1. The predicted molar refractivity (Wildman–Crippen MR) is 79.3 cm³/mol. The van der Waals surface area contributed by atoms with E-state index >= 15 is 0 Å². The Labute approximate surface area is 124 Å². The van der Waals surface area contributed by atoms with Gasteiger partial charge in [-0.2, -0.15) is 0 Å². The monoisotopic (exact) mass is 304 g/mol. The number of carbonyl (C=O) groups is 1. The molecule has 0 aliphatic heterocycles. The van der Waals surface area contributed by atoms with E-state index in [1.54, 1.807) is 31.3 Å². The first-order chi connectivity index (χ1) is 10.0. The Morgan fingerprint density at radius 2 is 1.86 bits per heavy atom. The normalized spacial score (nSPS) is 11.3. The Kier molecular flexibility index (Phi) is 4.82. The molecule has 1 heterocycles. The van der Waals surface area contributed by atoms with Crippen LogP contribution in [0.4, 0.5) is 0 Å². The quantitative estimate of drug-likeness (QED) is 0.830. The highest BCUT2D eigenvalue weighted by Crippen LogP contribution is 2.12. The molecule has 0 saturated heterocycles. The van der Waals surface area contributed by atoms with E-state index in [2.05, 4.69) is 9.71 Å². The zero-order valence-electron chi connectivity index (χ0n) is 11.6. The number of nitrogens with one attached hydrogen (secondary N) is 1. The SMILES string of the molecule is CCC(=O)c1ccc(S(=O)(=O)NCc2ccccn2)cc1. The minimum absolute atomic E-state index is 0.0135. The Bertz CT molecular complexity index is 710. The second-order valence-electron chi connectivity index (χ2n) is 4.45. The summed E-state index contributed by atoms with van der Waals surface area (Å²) in [6, 6.07) is 11.2.